The van der Waals surface area contributed by atoms with Crippen LogP contribution < -0.4 is 5.32 Å². The number of carbonyl (C=O) groups is 2. The van der Waals surface area contributed by atoms with Gasteiger partial charge in [0.2, 0.25) is 5.91 Å². The van der Waals surface area contributed by atoms with Crippen LogP contribution in [-0.2, 0) is 14.8 Å². The number of hydrogen-bond acceptors (Lipinski definition) is 4. The summed E-state index contributed by atoms with van der Waals surface area (Å²) in [5.74, 6) is -1.17. The topological polar surface area (TPSA) is 83.6 Å². The van der Waals surface area contributed by atoms with Gasteiger partial charge in [-0.15, -0.1) is 0 Å². The Kier molecular flexibility index (Phi) is 5.06. The number of rotatable bonds is 5. The Morgan fingerprint density at radius 1 is 1.15 bits per heavy atom. The van der Waals surface area contributed by atoms with Crippen molar-refractivity contribution >= 4 is 21.8 Å². The molecule has 0 saturated carbocycles. The number of fused-ring (bicyclic) bond motifs is 1. The molecule has 0 saturated heterocycles. The van der Waals surface area contributed by atoms with E-state index >= 15 is 0 Å². The third kappa shape index (κ3) is 3.47. The van der Waals surface area contributed by atoms with E-state index in [1.165, 1.54) is 12.1 Å². The quantitative estimate of drug-likeness (QED) is 0.856. The van der Waals surface area contributed by atoms with Crippen molar-refractivity contribution in [1.29, 1.82) is 0 Å². The molecule has 2 aromatic rings. The van der Waals surface area contributed by atoms with E-state index in [1.54, 1.807) is 12.1 Å². The predicted octanol–water partition coefficient (Wildman–Crippen LogP) is 2.72. The van der Waals surface area contributed by atoms with Gasteiger partial charge in [-0.2, -0.15) is 0 Å². The molecule has 0 spiro atoms. The number of nitrogens with zero attached hydrogens (tertiary/aromatic N) is 1. The number of hydrogen-bond donors (Lipinski definition) is 1. The first-order valence-electron chi connectivity index (χ1n) is 8.78. The van der Waals surface area contributed by atoms with Gasteiger partial charge in [0.15, 0.2) is 0 Å². The van der Waals surface area contributed by atoms with Gasteiger partial charge in [-0.25, -0.2) is 12.7 Å². The molecular weight excluding hydrogens is 364 g/mol. The average molecular weight is 386 g/mol. The first-order valence-corrected chi connectivity index (χ1v) is 10.2. The highest BCUT2D eigenvalue weighted by atomic mass is 32.2. The second-order valence-corrected chi connectivity index (χ2v) is 8.53. The number of benzene rings is 2. The van der Waals surface area contributed by atoms with Crippen LogP contribution in [-0.4, -0.2) is 31.1 Å². The zero-order chi connectivity index (χ0) is 19.8. The Hall–Kier alpha value is -2.67. The molecule has 0 aliphatic carbocycles. The molecule has 2 amide bonds. The maximum absolute atomic E-state index is 12.6. The lowest BCUT2D eigenvalue weighted by molar-refractivity contribution is -0.121. The van der Waals surface area contributed by atoms with E-state index in [2.05, 4.69) is 5.32 Å². The third-order valence-electron chi connectivity index (χ3n) is 4.74. The standard InChI is InChI=1S/C20H22N2O4S/c1-4-17(15-10-9-13(2)11-14(15)3)21-19(23)12-22-20(24)16-7-5-6-8-18(16)27(22,25)26/h5-11,17H,4,12H2,1-3H3,(H,21,23)/t17-/m0/s1. The minimum Gasteiger partial charge on any atom is -0.348 e. The van der Waals surface area contributed by atoms with Crippen molar-refractivity contribution in [3.8, 4) is 0 Å². The summed E-state index contributed by atoms with van der Waals surface area (Å²) < 4.78 is 25.8. The lowest BCUT2D eigenvalue weighted by atomic mass is 9.97. The van der Waals surface area contributed by atoms with Gasteiger partial charge in [0, 0.05) is 0 Å². The fourth-order valence-corrected chi connectivity index (χ4v) is 4.90. The Labute approximate surface area is 159 Å². The van der Waals surface area contributed by atoms with Crippen LogP contribution in [0, 0.1) is 13.8 Å². The second kappa shape index (κ2) is 7.15. The van der Waals surface area contributed by atoms with Crippen molar-refractivity contribution in [1.82, 2.24) is 9.62 Å². The maximum atomic E-state index is 12.6. The smallest absolute Gasteiger partial charge is 0.269 e. The minimum absolute atomic E-state index is 0.0516. The van der Waals surface area contributed by atoms with Crippen LogP contribution in [0.25, 0.3) is 0 Å². The summed E-state index contributed by atoms with van der Waals surface area (Å²) in [5, 5.41) is 2.86. The van der Waals surface area contributed by atoms with Crippen LogP contribution in [0.5, 0.6) is 0 Å². The number of carbonyl (C=O) groups excluding carboxylic acids is 2. The van der Waals surface area contributed by atoms with Crippen molar-refractivity contribution in [2.75, 3.05) is 6.54 Å². The van der Waals surface area contributed by atoms with Gasteiger partial charge in [-0.05, 0) is 43.5 Å². The number of sulfonamides is 1. The van der Waals surface area contributed by atoms with E-state index in [1.807, 2.05) is 39.0 Å². The van der Waals surface area contributed by atoms with Crippen LogP contribution in [0.15, 0.2) is 47.4 Å². The summed E-state index contributed by atoms with van der Waals surface area (Å²) in [6, 6.07) is 11.7. The molecule has 0 radical (unpaired) electrons. The summed E-state index contributed by atoms with van der Waals surface area (Å²) in [6.07, 6.45) is 0.649. The summed E-state index contributed by atoms with van der Waals surface area (Å²) >= 11 is 0. The number of aryl methyl sites for hydroxylation is 2. The average Bonchev–Trinajstić information content (AvgIpc) is 2.81. The van der Waals surface area contributed by atoms with Gasteiger partial charge in [-0.1, -0.05) is 42.8 Å². The fraction of sp³-hybridized carbons (Fsp3) is 0.300. The molecule has 1 aliphatic heterocycles. The van der Waals surface area contributed by atoms with Crippen LogP contribution in [0.3, 0.4) is 0 Å². The van der Waals surface area contributed by atoms with E-state index in [9.17, 15) is 18.0 Å². The molecule has 1 N–H and O–H groups in total. The van der Waals surface area contributed by atoms with Crippen molar-refractivity contribution < 1.29 is 18.0 Å². The molecule has 0 fully saturated rings. The lowest BCUT2D eigenvalue weighted by Gasteiger charge is -2.22. The highest BCUT2D eigenvalue weighted by molar-refractivity contribution is 7.90. The van der Waals surface area contributed by atoms with E-state index in [0.717, 1.165) is 16.7 Å². The molecule has 2 aromatic carbocycles. The summed E-state index contributed by atoms with van der Waals surface area (Å²) in [5.41, 5.74) is 3.27. The molecule has 0 bridgehead atoms. The van der Waals surface area contributed by atoms with Crippen molar-refractivity contribution in [2.45, 2.75) is 38.1 Å². The van der Waals surface area contributed by atoms with E-state index < -0.39 is 28.4 Å². The first kappa shape index (κ1) is 19.1. The van der Waals surface area contributed by atoms with Crippen LogP contribution >= 0.6 is 0 Å². The van der Waals surface area contributed by atoms with Crippen LogP contribution in [0.1, 0.15) is 46.4 Å². The Balaban J connectivity index is 1.79. The molecule has 0 unspecified atom stereocenters. The number of nitrogens with one attached hydrogen (secondary N) is 1. The van der Waals surface area contributed by atoms with Gasteiger partial charge >= 0.3 is 0 Å². The van der Waals surface area contributed by atoms with Gasteiger partial charge in [0.25, 0.3) is 15.9 Å². The molecule has 142 valence electrons. The third-order valence-corrected chi connectivity index (χ3v) is 6.53. The van der Waals surface area contributed by atoms with Crippen molar-refractivity contribution in [3.63, 3.8) is 0 Å². The lowest BCUT2D eigenvalue weighted by Crippen LogP contribution is -2.41. The molecule has 7 heteroatoms. The van der Waals surface area contributed by atoms with Gasteiger partial charge < -0.3 is 5.32 Å². The molecule has 3 rings (SSSR count). The van der Waals surface area contributed by atoms with Crippen LogP contribution in [0.4, 0.5) is 0 Å². The molecule has 27 heavy (non-hydrogen) atoms. The second-order valence-electron chi connectivity index (χ2n) is 6.70. The maximum Gasteiger partial charge on any atom is 0.269 e. The summed E-state index contributed by atoms with van der Waals surface area (Å²) in [6.45, 7) is 5.38. The monoisotopic (exact) mass is 386 g/mol. The molecule has 1 atom stereocenters. The summed E-state index contributed by atoms with van der Waals surface area (Å²) in [4.78, 5) is 24.9. The molecule has 0 aromatic heterocycles. The Morgan fingerprint density at radius 3 is 2.48 bits per heavy atom. The Bertz CT molecular complexity index is 1010. The highest BCUT2D eigenvalue weighted by Gasteiger charge is 2.41. The zero-order valence-corrected chi connectivity index (χ0v) is 16.3. The summed E-state index contributed by atoms with van der Waals surface area (Å²) in [7, 11) is -3.99. The minimum atomic E-state index is -3.99. The predicted molar refractivity (Wildman–Crippen MR) is 102 cm³/mol. The van der Waals surface area contributed by atoms with Crippen LogP contribution in [0.2, 0.25) is 0 Å². The molecule has 6 nitrogen and oxygen atoms in total. The fourth-order valence-electron chi connectivity index (χ4n) is 3.37. The molecule has 1 heterocycles. The van der Waals surface area contributed by atoms with E-state index in [-0.39, 0.29) is 16.5 Å². The van der Waals surface area contributed by atoms with Gasteiger partial charge in [0.05, 0.1) is 11.6 Å². The zero-order valence-electron chi connectivity index (χ0n) is 15.5. The first-order chi connectivity index (χ1) is 12.8. The molecule has 1 aliphatic rings. The normalized spacial score (nSPS) is 16.1. The van der Waals surface area contributed by atoms with Crippen molar-refractivity contribution in [2.24, 2.45) is 0 Å². The SMILES string of the molecule is CC[C@H](NC(=O)CN1C(=O)c2ccccc2S1(=O)=O)c1ccc(C)cc1C. The van der Waals surface area contributed by atoms with E-state index in [0.29, 0.717) is 10.7 Å². The highest BCUT2D eigenvalue weighted by Crippen LogP contribution is 2.29. The van der Waals surface area contributed by atoms with Crippen molar-refractivity contribution in [3.05, 3.63) is 64.7 Å². The van der Waals surface area contributed by atoms with Gasteiger partial charge in [0.1, 0.15) is 11.4 Å². The largest absolute Gasteiger partial charge is 0.348 e. The number of amides is 2. The van der Waals surface area contributed by atoms with E-state index in [4.69, 9.17) is 0 Å². The molecular formula is C20H22N2O4S. The van der Waals surface area contributed by atoms with Gasteiger partial charge in [-0.3, -0.25) is 9.59 Å². The Morgan fingerprint density at radius 2 is 1.85 bits per heavy atom.